The standard InChI is InChI=1S/C7H17NO.ClH/c1-6(2)3-7(4-8)5-9;/h6-7,9H,3-5,8H2,1-2H3;1H. The zero-order chi connectivity index (χ0) is 7.28. The summed E-state index contributed by atoms with van der Waals surface area (Å²) >= 11 is 0. The van der Waals surface area contributed by atoms with Crippen molar-refractivity contribution in [2.75, 3.05) is 13.2 Å². The number of hydrogen-bond donors (Lipinski definition) is 2. The van der Waals surface area contributed by atoms with Crippen LogP contribution in [0, 0.1) is 11.8 Å². The van der Waals surface area contributed by atoms with Crippen LogP contribution in [0.3, 0.4) is 0 Å². The van der Waals surface area contributed by atoms with E-state index in [0.29, 0.717) is 18.4 Å². The van der Waals surface area contributed by atoms with E-state index in [9.17, 15) is 0 Å². The SMILES string of the molecule is CC(C)CC(CN)CO.Cl. The van der Waals surface area contributed by atoms with Gasteiger partial charge in [0.15, 0.2) is 0 Å². The first kappa shape index (κ1) is 12.8. The second kappa shape index (κ2) is 7.32. The number of hydrogen-bond acceptors (Lipinski definition) is 2. The number of halogens is 1. The molecule has 0 spiro atoms. The Morgan fingerprint density at radius 1 is 1.40 bits per heavy atom. The fourth-order valence-electron chi connectivity index (χ4n) is 0.912. The Kier molecular flexibility index (Phi) is 9.40. The highest BCUT2D eigenvalue weighted by atomic mass is 35.5. The largest absolute Gasteiger partial charge is 0.396 e. The molecular weight excluding hydrogens is 150 g/mol. The molecule has 1 atom stereocenters. The molecule has 0 saturated heterocycles. The second-order valence-corrected chi connectivity index (χ2v) is 2.91. The van der Waals surface area contributed by atoms with Crippen molar-refractivity contribution in [2.45, 2.75) is 20.3 Å². The number of aliphatic hydroxyl groups excluding tert-OH is 1. The van der Waals surface area contributed by atoms with Crippen LogP contribution < -0.4 is 5.73 Å². The number of aliphatic hydroxyl groups is 1. The molecule has 10 heavy (non-hydrogen) atoms. The van der Waals surface area contributed by atoms with Crippen LogP contribution in [0.1, 0.15) is 20.3 Å². The van der Waals surface area contributed by atoms with Crippen molar-refractivity contribution in [3.05, 3.63) is 0 Å². The average Bonchev–Trinajstić information content (AvgIpc) is 1.82. The van der Waals surface area contributed by atoms with Crippen molar-refractivity contribution >= 4 is 12.4 Å². The van der Waals surface area contributed by atoms with Crippen molar-refractivity contribution < 1.29 is 5.11 Å². The predicted molar refractivity (Wildman–Crippen MR) is 46.3 cm³/mol. The van der Waals surface area contributed by atoms with Gasteiger partial charge in [0.1, 0.15) is 0 Å². The highest BCUT2D eigenvalue weighted by molar-refractivity contribution is 5.85. The van der Waals surface area contributed by atoms with Gasteiger partial charge < -0.3 is 10.8 Å². The maximum absolute atomic E-state index is 8.69. The summed E-state index contributed by atoms with van der Waals surface area (Å²) in [5.41, 5.74) is 5.37. The first-order chi connectivity index (χ1) is 4.20. The minimum Gasteiger partial charge on any atom is -0.396 e. The summed E-state index contributed by atoms with van der Waals surface area (Å²) < 4.78 is 0. The molecule has 0 fully saturated rings. The third-order valence-electron chi connectivity index (χ3n) is 1.40. The fourth-order valence-corrected chi connectivity index (χ4v) is 0.912. The molecule has 3 heteroatoms. The summed E-state index contributed by atoms with van der Waals surface area (Å²) in [6, 6.07) is 0. The Labute approximate surface area is 69.2 Å². The van der Waals surface area contributed by atoms with Gasteiger partial charge in [-0.25, -0.2) is 0 Å². The van der Waals surface area contributed by atoms with Crippen molar-refractivity contribution in [1.29, 1.82) is 0 Å². The molecule has 0 radical (unpaired) electrons. The van der Waals surface area contributed by atoms with E-state index < -0.39 is 0 Å². The molecule has 1 unspecified atom stereocenters. The summed E-state index contributed by atoms with van der Waals surface area (Å²) in [5.74, 6) is 0.954. The molecule has 0 bridgehead atoms. The van der Waals surface area contributed by atoms with Gasteiger partial charge in [-0.2, -0.15) is 0 Å². The average molecular weight is 168 g/mol. The Balaban J connectivity index is 0. The minimum atomic E-state index is 0. The summed E-state index contributed by atoms with van der Waals surface area (Å²) in [7, 11) is 0. The van der Waals surface area contributed by atoms with E-state index in [1.54, 1.807) is 0 Å². The lowest BCUT2D eigenvalue weighted by Crippen LogP contribution is -2.19. The third kappa shape index (κ3) is 6.33. The van der Waals surface area contributed by atoms with Gasteiger partial charge in [0, 0.05) is 6.61 Å². The normalized spacial score (nSPS) is 12.9. The summed E-state index contributed by atoms with van der Waals surface area (Å²) in [5, 5.41) is 8.69. The fraction of sp³-hybridized carbons (Fsp3) is 1.00. The van der Waals surface area contributed by atoms with Crippen LogP contribution in [0.5, 0.6) is 0 Å². The summed E-state index contributed by atoms with van der Waals surface area (Å²) in [6.45, 7) is 5.11. The molecular formula is C7H18ClNO. The molecule has 0 aromatic heterocycles. The predicted octanol–water partition coefficient (Wildman–Crippen LogP) is 1.02. The lowest BCUT2D eigenvalue weighted by molar-refractivity contribution is 0.210. The van der Waals surface area contributed by atoms with Crippen molar-refractivity contribution in [2.24, 2.45) is 17.6 Å². The molecule has 0 aliphatic heterocycles. The number of rotatable bonds is 4. The van der Waals surface area contributed by atoms with E-state index in [-0.39, 0.29) is 19.0 Å². The van der Waals surface area contributed by atoms with Gasteiger partial charge in [0.05, 0.1) is 0 Å². The lowest BCUT2D eigenvalue weighted by atomic mass is 9.98. The Bertz CT molecular complexity index is 64.6. The molecule has 2 nitrogen and oxygen atoms in total. The first-order valence-electron chi connectivity index (χ1n) is 3.51. The van der Waals surface area contributed by atoms with E-state index in [4.69, 9.17) is 10.8 Å². The molecule has 3 N–H and O–H groups in total. The molecule has 0 aromatic carbocycles. The van der Waals surface area contributed by atoms with Crippen molar-refractivity contribution in [3.63, 3.8) is 0 Å². The summed E-state index contributed by atoms with van der Waals surface area (Å²) in [4.78, 5) is 0. The third-order valence-corrected chi connectivity index (χ3v) is 1.40. The summed E-state index contributed by atoms with van der Waals surface area (Å²) in [6.07, 6.45) is 1.03. The van der Waals surface area contributed by atoms with Gasteiger partial charge in [0.2, 0.25) is 0 Å². The maximum Gasteiger partial charge on any atom is 0.0471 e. The quantitative estimate of drug-likeness (QED) is 0.657. The topological polar surface area (TPSA) is 46.2 Å². The molecule has 0 aromatic rings. The van der Waals surface area contributed by atoms with Crippen molar-refractivity contribution in [1.82, 2.24) is 0 Å². The second-order valence-electron chi connectivity index (χ2n) is 2.91. The van der Waals surface area contributed by atoms with E-state index in [0.717, 1.165) is 6.42 Å². The van der Waals surface area contributed by atoms with Gasteiger partial charge in [0.25, 0.3) is 0 Å². The molecule has 64 valence electrons. The first-order valence-corrected chi connectivity index (χ1v) is 3.51. The van der Waals surface area contributed by atoms with Crippen LogP contribution in [0.2, 0.25) is 0 Å². The maximum atomic E-state index is 8.69. The van der Waals surface area contributed by atoms with Gasteiger partial charge in [-0.3, -0.25) is 0 Å². The minimum absolute atomic E-state index is 0. The highest BCUT2D eigenvalue weighted by Crippen LogP contribution is 2.08. The Hall–Kier alpha value is 0.210. The van der Waals surface area contributed by atoms with Crippen LogP contribution in [-0.4, -0.2) is 18.3 Å². The van der Waals surface area contributed by atoms with E-state index in [1.807, 2.05) is 0 Å². The van der Waals surface area contributed by atoms with E-state index >= 15 is 0 Å². The van der Waals surface area contributed by atoms with Crippen LogP contribution in [0.4, 0.5) is 0 Å². The van der Waals surface area contributed by atoms with E-state index in [2.05, 4.69) is 13.8 Å². The Morgan fingerprint density at radius 2 is 1.90 bits per heavy atom. The highest BCUT2D eigenvalue weighted by Gasteiger charge is 2.05. The smallest absolute Gasteiger partial charge is 0.0471 e. The van der Waals surface area contributed by atoms with Gasteiger partial charge >= 0.3 is 0 Å². The lowest BCUT2D eigenvalue weighted by Gasteiger charge is -2.12. The molecule has 0 saturated carbocycles. The molecule has 0 rings (SSSR count). The van der Waals surface area contributed by atoms with Gasteiger partial charge in [-0.1, -0.05) is 13.8 Å². The molecule has 0 aliphatic rings. The molecule has 0 aliphatic carbocycles. The van der Waals surface area contributed by atoms with Crippen molar-refractivity contribution in [3.8, 4) is 0 Å². The zero-order valence-corrected chi connectivity index (χ0v) is 7.53. The molecule has 0 amide bonds. The van der Waals surface area contributed by atoms with Crippen LogP contribution in [-0.2, 0) is 0 Å². The monoisotopic (exact) mass is 167 g/mol. The Morgan fingerprint density at radius 3 is 2.00 bits per heavy atom. The van der Waals surface area contributed by atoms with E-state index in [1.165, 1.54) is 0 Å². The van der Waals surface area contributed by atoms with Crippen LogP contribution in [0.15, 0.2) is 0 Å². The van der Waals surface area contributed by atoms with Crippen LogP contribution in [0.25, 0.3) is 0 Å². The zero-order valence-electron chi connectivity index (χ0n) is 6.71. The number of nitrogens with two attached hydrogens (primary N) is 1. The van der Waals surface area contributed by atoms with Crippen LogP contribution >= 0.6 is 12.4 Å². The van der Waals surface area contributed by atoms with Gasteiger partial charge in [-0.15, -0.1) is 12.4 Å². The molecule has 0 heterocycles. The van der Waals surface area contributed by atoms with Gasteiger partial charge in [-0.05, 0) is 24.8 Å².